The average molecular weight is 315 g/mol. The molecule has 5 heteroatoms. The highest BCUT2D eigenvalue weighted by atomic mass is 79.9. The number of sulfone groups is 1. The van der Waals surface area contributed by atoms with E-state index in [-0.39, 0.29) is 10.5 Å². The molecule has 17 heavy (non-hydrogen) atoms. The minimum atomic E-state index is -3.95. The standard InChI is InChI=1S/C12H8BrFO2S/c13-8-4-6-12-5-2-1-3-9(12)11(14)17(15,16)10(12)7-8/h1-5,7H,6H2. The van der Waals surface area contributed by atoms with E-state index in [1.54, 1.807) is 24.3 Å². The van der Waals surface area contributed by atoms with E-state index in [2.05, 4.69) is 15.9 Å². The van der Waals surface area contributed by atoms with Gasteiger partial charge in [0.2, 0.25) is 15.0 Å². The normalized spacial score (nSPS) is 33.1. The van der Waals surface area contributed by atoms with Gasteiger partial charge in [-0.15, -0.1) is 0 Å². The van der Waals surface area contributed by atoms with Crippen molar-refractivity contribution in [3.63, 3.8) is 0 Å². The molecule has 1 heterocycles. The van der Waals surface area contributed by atoms with Crippen LogP contribution in [0.2, 0.25) is 0 Å². The highest BCUT2D eigenvalue weighted by Gasteiger charge is 2.53. The topological polar surface area (TPSA) is 34.1 Å². The van der Waals surface area contributed by atoms with E-state index in [0.29, 0.717) is 10.9 Å². The Labute approximate surface area is 107 Å². The van der Waals surface area contributed by atoms with Crippen LogP contribution in [-0.4, -0.2) is 8.42 Å². The summed E-state index contributed by atoms with van der Waals surface area (Å²) in [5, 5.41) is -1.01. The van der Waals surface area contributed by atoms with E-state index < -0.39 is 20.4 Å². The second-order valence-corrected chi connectivity index (χ2v) is 6.90. The zero-order valence-electron chi connectivity index (χ0n) is 8.65. The van der Waals surface area contributed by atoms with Gasteiger partial charge in [-0.3, -0.25) is 0 Å². The molecule has 1 spiro atoms. The van der Waals surface area contributed by atoms with Crippen LogP contribution in [0, 0.1) is 5.41 Å². The van der Waals surface area contributed by atoms with Crippen molar-refractivity contribution in [2.24, 2.45) is 5.41 Å². The first-order valence-electron chi connectivity index (χ1n) is 5.07. The number of halogens is 2. The van der Waals surface area contributed by atoms with E-state index in [4.69, 9.17) is 0 Å². The Morgan fingerprint density at radius 1 is 1.35 bits per heavy atom. The zero-order chi connectivity index (χ0) is 12.3. The SMILES string of the molecule is O=S1(=O)C2=CC(Br)=CCC23C=CC=CC3=C1F. The lowest BCUT2D eigenvalue weighted by molar-refractivity contribution is 0.571. The lowest BCUT2D eigenvalue weighted by Gasteiger charge is -2.30. The number of hydrogen-bond donors (Lipinski definition) is 0. The maximum absolute atomic E-state index is 14.0. The lowest BCUT2D eigenvalue weighted by atomic mass is 9.73. The average Bonchev–Trinajstić information content (AvgIpc) is 2.48. The Morgan fingerprint density at radius 2 is 2.12 bits per heavy atom. The van der Waals surface area contributed by atoms with Crippen molar-refractivity contribution in [2.45, 2.75) is 6.42 Å². The smallest absolute Gasteiger partial charge is 0.216 e. The maximum Gasteiger partial charge on any atom is 0.231 e. The van der Waals surface area contributed by atoms with Gasteiger partial charge in [0.15, 0.2) is 0 Å². The highest BCUT2D eigenvalue weighted by Crippen LogP contribution is 2.57. The number of allylic oxidation sites excluding steroid dienone is 9. The molecule has 1 atom stereocenters. The van der Waals surface area contributed by atoms with E-state index in [0.717, 1.165) is 0 Å². The van der Waals surface area contributed by atoms with Gasteiger partial charge in [-0.05, 0) is 12.5 Å². The molecule has 0 amide bonds. The fraction of sp³-hybridized carbons (Fsp3) is 0.167. The van der Waals surface area contributed by atoms with E-state index in [1.807, 2.05) is 6.08 Å². The summed E-state index contributed by atoms with van der Waals surface area (Å²) in [7, 11) is -3.95. The van der Waals surface area contributed by atoms with Crippen LogP contribution in [-0.2, 0) is 9.84 Å². The Balaban J connectivity index is 2.38. The third kappa shape index (κ3) is 1.27. The van der Waals surface area contributed by atoms with Crippen LogP contribution in [0.5, 0.6) is 0 Å². The van der Waals surface area contributed by atoms with Crippen LogP contribution < -0.4 is 0 Å². The molecule has 0 aromatic rings. The van der Waals surface area contributed by atoms with Gasteiger partial charge in [0.1, 0.15) is 0 Å². The third-order valence-electron chi connectivity index (χ3n) is 3.30. The van der Waals surface area contributed by atoms with Gasteiger partial charge in [-0.25, -0.2) is 8.42 Å². The molecule has 1 aliphatic heterocycles. The van der Waals surface area contributed by atoms with Crippen LogP contribution in [0.1, 0.15) is 6.42 Å². The second kappa shape index (κ2) is 3.29. The Morgan fingerprint density at radius 3 is 2.88 bits per heavy atom. The van der Waals surface area contributed by atoms with Crippen LogP contribution in [0.3, 0.4) is 0 Å². The molecule has 88 valence electrons. The van der Waals surface area contributed by atoms with Gasteiger partial charge in [0.05, 0.1) is 10.3 Å². The van der Waals surface area contributed by atoms with Crippen LogP contribution in [0.15, 0.2) is 56.6 Å². The Kier molecular flexibility index (Phi) is 2.16. The molecule has 0 aromatic carbocycles. The van der Waals surface area contributed by atoms with E-state index in [1.165, 1.54) is 6.08 Å². The summed E-state index contributed by atoms with van der Waals surface area (Å²) in [5.74, 6) is 0. The van der Waals surface area contributed by atoms with Crippen molar-refractivity contribution in [1.29, 1.82) is 0 Å². The molecule has 3 rings (SSSR count). The monoisotopic (exact) mass is 314 g/mol. The summed E-state index contributed by atoms with van der Waals surface area (Å²) < 4.78 is 38.7. The number of rotatable bonds is 0. The van der Waals surface area contributed by atoms with Crippen molar-refractivity contribution < 1.29 is 12.8 Å². The molecular weight excluding hydrogens is 307 g/mol. The van der Waals surface area contributed by atoms with Gasteiger partial charge >= 0.3 is 0 Å². The summed E-state index contributed by atoms with van der Waals surface area (Å²) >= 11 is 3.25. The molecule has 0 saturated heterocycles. The van der Waals surface area contributed by atoms with E-state index in [9.17, 15) is 12.8 Å². The molecule has 0 fully saturated rings. The Hall–Kier alpha value is -0.940. The Bertz CT molecular complexity index is 665. The van der Waals surface area contributed by atoms with E-state index >= 15 is 0 Å². The van der Waals surface area contributed by atoms with Crippen LogP contribution in [0.4, 0.5) is 4.39 Å². The molecule has 0 bridgehead atoms. The van der Waals surface area contributed by atoms with Crippen LogP contribution in [0.25, 0.3) is 0 Å². The molecule has 0 radical (unpaired) electrons. The summed E-state index contributed by atoms with van der Waals surface area (Å²) in [6.45, 7) is 0. The highest BCUT2D eigenvalue weighted by molar-refractivity contribution is 9.11. The third-order valence-corrected chi connectivity index (χ3v) is 5.61. The van der Waals surface area contributed by atoms with Gasteiger partial charge < -0.3 is 0 Å². The molecule has 2 aliphatic carbocycles. The molecule has 1 unspecified atom stereocenters. The van der Waals surface area contributed by atoms with Crippen molar-refractivity contribution in [2.75, 3.05) is 0 Å². The van der Waals surface area contributed by atoms with Crippen molar-refractivity contribution in [3.05, 3.63) is 56.6 Å². The summed E-state index contributed by atoms with van der Waals surface area (Å²) in [4.78, 5) is 0.132. The first kappa shape index (κ1) is 11.2. The zero-order valence-corrected chi connectivity index (χ0v) is 11.1. The van der Waals surface area contributed by atoms with Crippen molar-refractivity contribution in [3.8, 4) is 0 Å². The second-order valence-electron chi connectivity index (χ2n) is 4.18. The van der Waals surface area contributed by atoms with Crippen LogP contribution >= 0.6 is 15.9 Å². The predicted molar refractivity (Wildman–Crippen MR) is 67.5 cm³/mol. The predicted octanol–water partition coefficient (Wildman–Crippen LogP) is 3.27. The van der Waals surface area contributed by atoms with Gasteiger partial charge in [-0.1, -0.05) is 46.3 Å². The molecule has 0 aromatic heterocycles. The summed E-state index contributed by atoms with van der Waals surface area (Å²) in [6, 6.07) is 0. The van der Waals surface area contributed by atoms with Gasteiger partial charge in [0, 0.05) is 10.1 Å². The first-order chi connectivity index (χ1) is 7.98. The summed E-state index contributed by atoms with van der Waals surface area (Å²) in [6.07, 6.45) is 10.5. The minimum absolute atomic E-state index is 0.132. The first-order valence-corrected chi connectivity index (χ1v) is 7.35. The van der Waals surface area contributed by atoms with Crippen molar-refractivity contribution >= 4 is 25.8 Å². The fourth-order valence-corrected chi connectivity index (χ4v) is 4.77. The quantitative estimate of drug-likeness (QED) is 0.687. The fourth-order valence-electron chi connectivity index (χ4n) is 2.47. The molecule has 0 N–H and O–H groups in total. The van der Waals surface area contributed by atoms with Crippen molar-refractivity contribution in [1.82, 2.24) is 0 Å². The molecule has 2 nitrogen and oxygen atoms in total. The molecule has 3 aliphatic rings. The maximum atomic E-state index is 14.0. The minimum Gasteiger partial charge on any atom is -0.216 e. The summed E-state index contributed by atoms with van der Waals surface area (Å²) in [5.41, 5.74) is -0.572. The van der Waals surface area contributed by atoms with Gasteiger partial charge in [-0.2, -0.15) is 4.39 Å². The van der Waals surface area contributed by atoms with Gasteiger partial charge in [0.25, 0.3) is 0 Å². The number of hydrogen-bond acceptors (Lipinski definition) is 2. The molecule has 0 saturated carbocycles. The molecular formula is C12H8BrFO2S. The largest absolute Gasteiger partial charge is 0.231 e. The lowest BCUT2D eigenvalue weighted by Crippen LogP contribution is -2.23.